The maximum atomic E-state index is 13.4. The van der Waals surface area contributed by atoms with Crippen LogP contribution in [0.5, 0.6) is 0 Å². The summed E-state index contributed by atoms with van der Waals surface area (Å²) in [5.74, 6) is -2.56. The highest BCUT2D eigenvalue weighted by atomic mass is 32.2. The number of nitrogens with zero attached hydrogens (tertiary/aromatic N) is 5. The molecule has 14 nitrogen and oxygen atoms in total. The molecule has 224 valence electrons. The molecule has 3 amide bonds. The molecule has 4 atom stereocenters. The lowest BCUT2D eigenvalue weighted by Gasteiger charge is -2.49. The molecule has 1 aromatic heterocycles. The van der Waals surface area contributed by atoms with E-state index in [0.29, 0.717) is 30.2 Å². The molecular formula is C26H32N8O6S2. The Morgan fingerprint density at radius 1 is 1.29 bits per heavy atom. The highest BCUT2D eigenvalue weighted by molar-refractivity contribution is 8.00. The van der Waals surface area contributed by atoms with Crippen molar-refractivity contribution in [3.05, 3.63) is 34.0 Å². The van der Waals surface area contributed by atoms with E-state index in [0.717, 1.165) is 48.8 Å². The van der Waals surface area contributed by atoms with Gasteiger partial charge in [-0.3, -0.25) is 24.2 Å². The highest BCUT2D eigenvalue weighted by Crippen LogP contribution is 2.41. The minimum Gasteiger partial charge on any atom is -0.477 e. The first-order valence-electron chi connectivity index (χ1n) is 13.9. The van der Waals surface area contributed by atoms with E-state index in [1.54, 1.807) is 6.08 Å². The lowest BCUT2D eigenvalue weighted by molar-refractivity contribution is -0.150. The fourth-order valence-electron chi connectivity index (χ4n) is 6.36. The minimum absolute atomic E-state index is 0.0591. The topological polar surface area (TPSA) is 194 Å². The van der Waals surface area contributed by atoms with E-state index >= 15 is 0 Å². The van der Waals surface area contributed by atoms with Gasteiger partial charge >= 0.3 is 5.97 Å². The Labute approximate surface area is 249 Å². The summed E-state index contributed by atoms with van der Waals surface area (Å²) < 4.78 is 0. The van der Waals surface area contributed by atoms with Gasteiger partial charge in [0.05, 0.1) is 0 Å². The standard InChI is InChI=1S/C26H32N8O6S2/c27-26-29-17(12-42-26)18(31-40)21(35)30-19-23(37)34-20(25(38)39)14(11-41-24(19)34)8-13-3-7-33(22(13)36)16-4-6-32(10-16)9-15-2-1-5-28-15/h8,12,15-16,19,24,28,40H,1-7,9-11H2,(H2,27,29)(H,30,35)(H,38,39)/t15?,16?,19-,24-/m1/s1. The lowest BCUT2D eigenvalue weighted by atomic mass is 10.0. The van der Waals surface area contributed by atoms with Gasteiger partial charge in [0.1, 0.15) is 22.8 Å². The number of anilines is 1. The van der Waals surface area contributed by atoms with Gasteiger partial charge < -0.3 is 31.6 Å². The number of hydrogen-bond acceptors (Lipinski definition) is 12. The van der Waals surface area contributed by atoms with Crippen LogP contribution in [-0.4, -0.2) is 121 Å². The Hall–Kier alpha value is -3.47. The van der Waals surface area contributed by atoms with E-state index in [2.05, 4.69) is 25.7 Å². The second kappa shape index (κ2) is 11.7. The molecule has 0 aliphatic carbocycles. The van der Waals surface area contributed by atoms with E-state index in [1.807, 2.05) is 4.90 Å². The molecule has 5 aliphatic rings. The molecule has 0 saturated carbocycles. The molecule has 0 radical (unpaired) electrons. The predicted octanol–water partition coefficient (Wildman–Crippen LogP) is -0.373. The largest absolute Gasteiger partial charge is 0.477 e. The van der Waals surface area contributed by atoms with Gasteiger partial charge in [-0.2, -0.15) is 0 Å². The van der Waals surface area contributed by atoms with Crippen LogP contribution in [0.1, 0.15) is 31.4 Å². The Bertz CT molecular complexity index is 1400. The number of β-lactam (4-membered cyclic amide) rings is 1. The number of carboxylic acids is 1. The number of aliphatic carboxylic acids is 1. The molecular weight excluding hydrogens is 584 g/mol. The van der Waals surface area contributed by atoms with Crippen LogP contribution in [0, 0.1) is 0 Å². The molecule has 2 unspecified atom stereocenters. The molecule has 0 spiro atoms. The fourth-order valence-corrected chi connectivity index (χ4v) is 8.21. The number of amides is 3. The van der Waals surface area contributed by atoms with Crippen molar-refractivity contribution in [2.75, 3.05) is 44.2 Å². The van der Waals surface area contributed by atoms with E-state index in [-0.39, 0.29) is 34.2 Å². The van der Waals surface area contributed by atoms with Crippen molar-refractivity contribution in [3.63, 3.8) is 0 Å². The summed E-state index contributed by atoms with van der Waals surface area (Å²) in [6, 6.07) is -0.369. The third-order valence-corrected chi connectivity index (χ3v) is 10.4. The number of thiazole rings is 1. The third-order valence-electron chi connectivity index (χ3n) is 8.40. The molecule has 6 rings (SSSR count). The normalized spacial score (nSPS) is 29.4. The van der Waals surface area contributed by atoms with Crippen LogP contribution < -0.4 is 16.4 Å². The molecule has 0 aromatic carbocycles. The number of likely N-dealkylation sites (tertiary alicyclic amines) is 2. The maximum absolute atomic E-state index is 13.4. The van der Waals surface area contributed by atoms with E-state index in [9.17, 15) is 29.5 Å². The molecule has 1 aromatic rings. The number of oxime groups is 1. The lowest BCUT2D eigenvalue weighted by Crippen LogP contribution is -2.71. The van der Waals surface area contributed by atoms with Crippen molar-refractivity contribution in [1.82, 2.24) is 30.3 Å². The number of carbonyl (C=O) groups excluding carboxylic acids is 3. The Morgan fingerprint density at radius 3 is 2.81 bits per heavy atom. The number of rotatable bonds is 8. The molecule has 6 N–H and O–H groups in total. The molecule has 4 fully saturated rings. The van der Waals surface area contributed by atoms with E-state index in [4.69, 9.17) is 5.73 Å². The molecule has 4 saturated heterocycles. The molecule has 5 aliphatic heterocycles. The van der Waals surface area contributed by atoms with Crippen LogP contribution in [0.15, 0.2) is 33.5 Å². The monoisotopic (exact) mass is 616 g/mol. The van der Waals surface area contributed by atoms with Crippen LogP contribution in [0.3, 0.4) is 0 Å². The van der Waals surface area contributed by atoms with Gasteiger partial charge in [0.25, 0.3) is 11.8 Å². The number of hydrogen-bond donors (Lipinski definition) is 5. The number of thioether (sulfide) groups is 1. The number of aromatic nitrogens is 1. The first-order chi connectivity index (χ1) is 20.2. The maximum Gasteiger partial charge on any atom is 0.352 e. The molecule has 0 bridgehead atoms. The van der Waals surface area contributed by atoms with Crippen molar-refractivity contribution in [2.45, 2.75) is 49.2 Å². The van der Waals surface area contributed by atoms with Crippen LogP contribution >= 0.6 is 23.1 Å². The summed E-state index contributed by atoms with van der Waals surface area (Å²) in [5, 5.41) is 29.4. The molecule has 6 heterocycles. The van der Waals surface area contributed by atoms with Crippen molar-refractivity contribution in [3.8, 4) is 0 Å². The van der Waals surface area contributed by atoms with Crippen molar-refractivity contribution < 1.29 is 29.5 Å². The number of allylic oxidation sites excluding steroid dienone is 1. The fraction of sp³-hybridized carbons (Fsp3) is 0.538. The SMILES string of the molecule is Nc1nc(C(=NO)C(=O)N[C@@H]2C(=O)N3C(C(=O)O)=C(C=C4CCN(C5CCN(CC6CCCN6)C5)C4=O)CS[C@H]23)cs1. The van der Waals surface area contributed by atoms with Gasteiger partial charge in [-0.05, 0) is 43.9 Å². The van der Waals surface area contributed by atoms with Crippen molar-refractivity contribution in [1.29, 1.82) is 0 Å². The number of carbonyl (C=O) groups is 4. The number of nitrogens with two attached hydrogens (primary N) is 1. The average Bonchev–Trinajstić information content (AvgIpc) is 3.78. The van der Waals surface area contributed by atoms with Crippen LogP contribution in [0.25, 0.3) is 0 Å². The second-order valence-corrected chi connectivity index (χ2v) is 13.0. The number of nitrogens with one attached hydrogen (secondary N) is 2. The third kappa shape index (κ3) is 5.27. The minimum atomic E-state index is -1.28. The molecule has 42 heavy (non-hydrogen) atoms. The van der Waals surface area contributed by atoms with Crippen molar-refractivity contribution >= 4 is 57.6 Å². The quantitative estimate of drug-likeness (QED) is 0.0841. The summed E-state index contributed by atoms with van der Waals surface area (Å²) in [5.41, 5.74) is 6.00. The highest BCUT2D eigenvalue weighted by Gasteiger charge is 2.54. The predicted molar refractivity (Wildman–Crippen MR) is 155 cm³/mol. The van der Waals surface area contributed by atoms with Gasteiger partial charge in [-0.1, -0.05) is 5.16 Å². The average molecular weight is 617 g/mol. The zero-order valence-corrected chi connectivity index (χ0v) is 24.3. The van der Waals surface area contributed by atoms with E-state index < -0.39 is 34.9 Å². The van der Waals surface area contributed by atoms with Crippen molar-refractivity contribution in [2.24, 2.45) is 5.16 Å². The molecule has 16 heteroatoms. The second-order valence-electron chi connectivity index (χ2n) is 11.0. The zero-order chi connectivity index (χ0) is 29.5. The Kier molecular flexibility index (Phi) is 7.95. The first kappa shape index (κ1) is 28.6. The summed E-state index contributed by atoms with van der Waals surface area (Å²) in [6.07, 6.45) is 5.45. The van der Waals surface area contributed by atoms with Gasteiger partial charge in [0.2, 0.25) is 5.91 Å². The van der Waals surface area contributed by atoms with Gasteiger partial charge in [-0.25, -0.2) is 9.78 Å². The summed E-state index contributed by atoms with van der Waals surface area (Å²) in [6.45, 7) is 4.44. The smallest absolute Gasteiger partial charge is 0.352 e. The van der Waals surface area contributed by atoms with Crippen LogP contribution in [0.4, 0.5) is 5.13 Å². The summed E-state index contributed by atoms with van der Waals surface area (Å²) in [4.78, 5) is 60.9. The summed E-state index contributed by atoms with van der Waals surface area (Å²) >= 11 is 2.35. The Morgan fingerprint density at radius 2 is 2.12 bits per heavy atom. The first-order valence-corrected chi connectivity index (χ1v) is 15.8. The number of carboxylic acid groups (broad SMARTS) is 1. The zero-order valence-electron chi connectivity index (χ0n) is 22.7. The Balaban J connectivity index is 1.12. The van der Waals surface area contributed by atoms with Crippen LogP contribution in [-0.2, 0) is 19.2 Å². The van der Waals surface area contributed by atoms with Gasteiger partial charge in [0, 0.05) is 55.0 Å². The number of fused-ring (bicyclic) bond motifs is 1. The van der Waals surface area contributed by atoms with Gasteiger partial charge in [-0.15, -0.1) is 23.1 Å². The number of nitrogen functional groups attached to an aromatic ring is 1. The van der Waals surface area contributed by atoms with Gasteiger partial charge in [0.15, 0.2) is 10.8 Å². The van der Waals surface area contributed by atoms with Crippen LogP contribution in [0.2, 0.25) is 0 Å². The summed E-state index contributed by atoms with van der Waals surface area (Å²) in [7, 11) is 0. The van der Waals surface area contributed by atoms with E-state index in [1.165, 1.54) is 30.0 Å².